The number of carboxylic acids is 1. The van der Waals surface area contributed by atoms with Crippen LogP contribution in [0.5, 0.6) is 17.4 Å². The third kappa shape index (κ3) is 10.7. The summed E-state index contributed by atoms with van der Waals surface area (Å²) in [6.45, 7) is 7.46. The quantitative estimate of drug-likeness (QED) is 0.0780. The number of aromatic hydroxyl groups is 1. The number of aliphatic carboxylic acids is 1. The number of carboxylic acid groups (broad SMARTS) is 1. The molecule has 0 spiro atoms. The summed E-state index contributed by atoms with van der Waals surface area (Å²) < 4.78 is 22.2. The Morgan fingerprint density at radius 3 is 2.16 bits per heavy atom. The van der Waals surface area contributed by atoms with Crippen LogP contribution in [0.15, 0.2) is 89.5 Å². The first-order chi connectivity index (χ1) is 23.7. The second-order valence-electron chi connectivity index (χ2n) is 12.0. The molecule has 1 unspecified atom stereocenters. The van der Waals surface area contributed by atoms with E-state index < -0.39 is 11.9 Å². The van der Waals surface area contributed by atoms with Crippen LogP contribution in [0, 0.1) is 5.92 Å². The lowest BCUT2D eigenvalue weighted by atomic mass is 9.88. The normalized spacial score (nSPS) is 12.3. The highest BCUT2D eigenvalue weighted by atomic mass is 16.6. The fraction of sp³-hybridized carbons (Fsp3) is 0.359. The van der Waals surface area contributed by atoms with Gasteiger partial charge in [0.1, 0.15) is 30.6 Å². The largest absolute Gasteiger partial charge is 0.508 e. The molecule has 10 heteroatoms. The molecule has 260 valence electrons. The number of likely N-dealkylation sites (N-methyl/N-ethyl adjacent to an activating group) is 1. The lowest BCUT2D eigenvalue weighted by molar-refractivity contribution is -0.140. The van der Waals surface area contributed by atoms with Gasteiger partial charge in [-0.2, -0.15) is 0 Å². The molecule has 0 radical (unpaired) electrons. The molecule has 4 rings (SSSR count). The van der Waals surface area contributed by atoms with Crippen molar-refractivity contribution in [1.82, 2.24) is 10.1 Å². The first kappa shape index (κ1) is 36.7. The number of rotatable bonds is 19. The van der Waals surface area contributed by atoms with Gasteiger partial charge in [0.05, 0.1) is 13.2 Å². The highest BCUT2D eigenvalue weighted by Crippen LogP contribution is 2.35. The van der Waals surface area contributed by atoms with Crippen LogP contribution in [0.3, 0.4) is 0 Å². The predicted octanol–water partition coefficient (Wildman–Crippen LogP) is 7.29. The smallest absolute Gasteiger partial charge is 0.314 e. The maximum atomic E-state index is 12.6. The van der Waals surface area contributed by atoms with E-state index in [2.05, 4.69) is 24.2 Å². The van der Waals surface area contributed by atoms with Gasteiger partial charge >= 0.3 is 5.97 Å². The zero-order valence-electron chi connectivity index (χ0n) is 28.6. The minimum atomic E-state index is -0.973. The zero-order chi connectivity index (χ0) is 35.2. The first-order valence-corrected chi connectivity index (χ1v) is 16.6. The van der Waals surface area contributed by atoms with Gasteiger partial charge in [0, 0.05) is 26.1 Å². The molecule has 1 heterocycles. The number of hydrogen-bond donors (Lipinski definition) is 2. The molecule has 0 aliphatic heterocycles. The van der Waals surface area contributed by atoms with E-state index in [0.717, 1.165) is 28.7 Å². The van der Waals surface area contributed by atoms with Gasteiger partial charge in [-0.25, -0.2) is 0 Å². The standard InChI is InChI=1S/C39H46N2O8/c1-5-33(28-10-7-6-8-11-28)38(29-13-17-31(42)18-14-29)30-15-19-32(20-16-30)47-23-21-41(4)36(43)12-9-22-46-24-25-48-35-26-34(49-40-35)37(27(2)3)39(44)45/h6-8,10-11,13-20,26-27,37,42H,5,9,12,21-25H2,1-4H3,(H,44,45)/b38-33-. The summed E-state index contributed by atoms with van der Waals surface area (Å²) in [5.74, 6) is -0.503. The van der Waals surface area contributed by atoms with Crippen LogP contribution in [0.25, 0.3) is 11.1 Å². The van der Waals surface area contributed by atoms with Gasteiger partial charge in [-0.05, 0) is 76.0 Å². The molecule has 1 amide bonds. The second kappa shape index (κ2) is 18.5. The third-order valence-corrected chi connectivity index (χ3v) is 8.10. The molecule has 0 bridgehead atoms. The molecule has 1 atom stereocenters. The van der Waals surface area contributed by atoms with Crippen LogP contribution in [-0.2, 0) is 14.3 Å². The van der Waals surface area contributed by atoms with Gasteiger partial charge in [0.25, 0.3) is 5.88 Å². The number of phenolic OH excluding ortho intramolecular Hbond substituents is 1. The number of phenols is 1. The van der Waals surface area contributed by atoms with E-state index in [9.17, 15) is 19.8 Å². The lowest BCUT2D eigenvalue weighted by Crippen LogP contribution is -2.30. The molecular weight excluding hydrogens is 624 g/mol. The predicted molar refractivity (Wildman–Crippen MR) is 188 cm³/mol. The van der Waals surface area contributed by atoms with Crippen molar-refractivity contribution in [2.24, 2.45) is 5.92 Å². The third-order valence-electron chi connectivity index (χ3n) is 8.10. The van der Waals surface area contributed by atoms with Crippen LogP contribution < -0.4 is 9.47 Å². The fourth-order valence-electron chi connectivity index (χ4n) is 5.50. The van der Waals surface area contributed by atoms with Crippen LogP contribution in [0.2, 0.25) is 0 Å². The van der Waals surface area contributed by atoms with Crippen molar-refractivity contribution >= 4 is 23.0 Å². The molecule has 2 N–H and O–H groups in total. The Kier molecular flexibility index (Phi) is 13.8. The Labute approximate surface area is 287 Å². The van der Waals surface area contributed by atoms with Crippen LogP contribution in [0.1, 0.15) is 68.4 Å². The summed E-state index contributed by atoms with van der Waals surface area (Å²) in [4.78, 5) is 25.7. The Morgan fingerprint density at radius 1 is 0.857 bits per heavy atom. The minimum Gasteiger partial charge on any atom is -0.508 e. The van der Waals surface area contributed by atoms with Crippen molar-refractivity contribution in [2.75, 3.05) is 40.0 Å². The topological polar surface area (TPSA) is 132 Å². The molecule has 0 fully saturated rings. The Hall–Kier alpha value is -5.09. The number of amides is 1. The number of nitrogens with zero attached hydrogens (tertiary/aromatic N) is 2. The van der Waals surface area contributed by atoms with E-state index in [0.29, 0.717) is 45.0 Å². The van der Waals surface area contributed by atoms with Gasteiger partial charge in [-0.15, -0.1) is 0 Å². The molecule has 10 nitrogen and oxygen atoms in total. The van der Waals surface area contributed by atoms with Crippen molar-refractivity contribution in [3.63, 3.8) is 0 Å². The lowest BCUT2D eigenvalue weighted by Gasteiger charge is -2.18. The number of allylic oxidation sites excluding steroid dienone is 1. The first-order valence-electron chi connectivity index (χ1n) is 16.6. The molecule has 1 aromatic heterocycles. The second-order valence-corrected chi connectivity index (χ2v) is 12.0. The Morgan fingerprint density at radius 2 is 1.53 bits per heavy atom. The summed E-state index contributed by atoms with van der Waals surface area (Å²) in [6.07, 6.45) is 1.74. The van der Waals surface area contributed by atoms with E-state index in [1.54, 1.807) is 37.9 Å². The van der Waals surface area contributed by atoms with Crippen LogP contribution in [-0.4, -0.2) is 72.2 Å². The monoisotopic (exact) mass is 670 g/mol. The number of carbonyl (C=O) groups is 2. The molecule has 49 heavy (non-hydrogen) atoms. The van der Waals surface area contributed by atoms with Crippen molar-refractivity contribution in [2.45, 2.75) is 46.0 Å². The highest BCUT2D eigenvalue weighted by molar-refractivity contribution is 5.98. The maximum absolute atomic E-state index is 12.6. The van der Waals surface area contributed by atoms with Crippen molar-refractivity contribution in [1.29, 1.82) is 0 Å². The number of aromatic nitrogens is 1. The fourth-order valence-corrected chi connectivity index (χ4v) is 5.50. The van der Waals surface area contributed by atoms with Crippen molar-refractivity contribution < 1.29 is 38.5 Å². The molecule has 0 aliphatic carbocycles. The number of carbonyl (C=O) groups excluding carboxylic acids is 1. The van der Waals surface area contributed by atoms with Crippen molar-refractivity contribution in [3.8, 4) is 17.4 Å². The average Bonchev–Trinajstić information content (AvgIpc) is 3.55. The summed E-state index contributed by atoms with van der Waals surface area (Å²) in [6, 6.07) is 27.1. The van der Waals surface area contributed by atoms with E-state index in [4.69, 9.17) is 18.7 Å². The zero-order valence-corrected chi connectivity index (χ0v) is 28.6. The molecule has 0 saturated heterocycles. The molecular formula is C39H46N2O8. The van der Waals surface area contributed by atoms with Crippen LogP contribution in [0.4, 0.5) is 0 Å². The van der Waals surface area contributed by atoms with E-state index in [1.807, 2.05) is 54.6 Å². The molecule has 0 saturated carbocycles. The van der Waals surface area contributed by atoms with E-state index in [-0.39, 0.29) is 35.8 Å². The van der Waals surface area contributed by atoms with Gasteiger partial charge in [-0.1, -0.05) is 75.4 Å². The SMILES string of the molecule is CC/C(=C(\c1ccc(O)cc1)c1ccc(OCCN(C)C(=O)CCCOCCOc2cc(C(C(=O)O)C(C)C)on2)cc1)c1ccccc1. The number of hydrogen-bond acceptors (Lipinski definition) is 8. The van der Waals surface area contributed by atoms with Gasteiger partial charge in [0.2, 0.25) is 5.91 Å². The molecule has 4 aromatic rings. The van der Waals surface area contributed by atoms with Crippen LogP contribution >= 0.6 is 0 Å². The number of benzene rings is 3. The molecule has 0 aliphatic rings. The summed E-state index contributed by atoms with van der Waals surface area (Å²) in [5.41, 5.74) is 5.52. The summed E-state index contributed by atoms with van der Waals surface area (Å²) in [7, 11) is 1.76. The average molecular weight is 671 g/mol. The number of ether oxygens (including phenoxy) is 3. The summed E-state index contributed by atoms with van der Waals surface area (Å²) >= 11 is 0. The van der Waals surface area contributed by atoms with E-state index >= 15 is 0 Å². The Bertz CT molecular complexity index is 1650. The highest BCUT2D eigenvalue weighted by Gasteiger charge is 2.28. The van der Waals surface area contributed by atoms with Crippen molar-refractivity contribution in [3.05, 3.63) is 107 Å². The van der Waals surface area contributed by atoms with Gasteiger partial charge < -0.3 is 33.8 Å². The summed E-state index contributed by atoms with van der Waals surface area (Å²) in [5, 5.41) is 23.0. The maximum Gasteiger partial charge on any atom is 0.314 e. The minimum absolute atomic E-state index is 0.00347. The van der Waals surface area contributed by atoms with Gasteiger partial charge in [-0.3, -0.25) is 9.59 Å². The molecule has 3 aromatic carbocycles. The van der Waals surface area contributed by atoms with E-state index in [1.165, 1.54) is 11.6 Å². The van der Waals surface area contributed by atoms with Gasteiger partial charge in [0.15, 0.2) is 5.76 Å². The Balaban J connectivity index is 1.19.